The molecule has 3 N–H and O–H groups in total. The van der Waals surface area contributed by atoms with Gasteiger partial charge in [-0.25, -0.2) is 9.37 Å². The highest BCUT2D eigenvalue weighted by atomic mass is 19.1. The molecule has 0 spiro atoms. The molecule has 0 unspecified atom stereocenters. The fourth-order valence-corrected chi connectivity index (χ4v) is 6.44. The van der Waals surface area contributed by atoms with Crippen molar-refractivity contribution in [1.82, 2.24) is 34.7 Å². The molecular weight excluding hydrogens is 499 g/mol. The summed E-state index contributed by atoms with van der Waals surface area (Å²) in [6.45, 7) is 1.49. The number of amides is 1. The van der Waals surface area contributed by atoms with Crippen LogP contribution in [0.1, 0.15) is 65.2 Å². The number of rotatable bonds is 4. The summed E-state index contributed by atoms with van der Waals surface area (Å²) in [6, 6.07) is 10.5. The number of nitrogens with two attached hydrogens (primary N) is 1. The van der Waals surface area contributed by atoms with E-state index in [0.717, 1.165) is 34.7 Å². The zero-order chi connectivity index (χ0) is 26.8. The number of ketones is 1. The zero-order valence-electron chi connectivity index (χ0n) is 21.1. The van der Waals surface area contributed by atoms with E-state index in [2.05, 4.69) is 20.3 Å². The van der Waals surface area contributed by atoms with Gasteiger partial charge in [0.25, 0.3) is 5.91 Å². The van der Waals surface area contributed by atoms with Crippen LogP contribution in [0.5, 0.6) is 0 Å². The van der Waals surface area contributed by atoms with Crippen molar-refractivity contribution in [2.45, 2.75) is 50.6 Å². The summed E-state index contributed by atoms with van der Waals surface area (Å²) >= 11 is 0. The van der Waals surface area contributed by atoms with Crippen molar-refractivity contribution in [1.29, 1.82) is 0 Å². The minimum absolute atomic E-state index is 0.00479. The van der Waals surface area contributed by atoms with Crippen molar-refractivity contribution in [3.05, 3.63) is 71.8 Å². The summed E-state index contributed by atoms with van der Waals surface area (Å²) in [5.74, 6) is -0.216. The van der Waals surface area contributed by atoms with Crippen LogP contribution >= 0.6 is 0 Å². The number of anilines is 1. The van der Waals surface area contributed by atoms with Crippen molar-refractivity contribution in [3.8, 4) is 11.1 Å². The topological polar surface area (TPSA) is 135 Å². The molecule has 3 aromatic heterocycles. The van der Waals surface area contributed by atoms with E-state index in [9.17, 15) is 14.0 Å². The molecule has 10 nitrogen and oxygen atoms in total. The first-order valence-electron chi connectivity index (χ1n) is 13.0. The van der Waals surface area contributed by atoms with Crippen molar-refractivity contribution in [2.24, 2.45) is 0 Å². The van der Waals surface area contributed by atoms with Crippen molar-refractivity contribution < 1.29 is 14.0 Å². The first-order chi connectivity index (χ1) is 18.9. The lowest BCUT2D eigenvalue weighted by molar-refractivity contribution is 0.0556. The summed E-state index contributed by atoms with van der Waals surface area (Å²) in [7, 11) is 0. The van der Waals surface area contributed by atoms with Gasteiger partial charge in [-0.1, -0.05) is 18.2 Å². The number of nitrogens with zero attached hydrogens (tertiary/aromatic N) is 6. The standard InChI is InChI=1S/C28H25FN8O2/c1-14(38)23-24(18-10-20-6-7-21(11-18)36(20)28(39)26-31-13-32-35-26)34-27-22(12-33-37(27)25(23)30)16-3-2-15-4-5-19(29)9-17(15)8-16/h2-5,8-9,12-13,18,20-21H,6-7,10-11,30H2,1H3,(H,31,32,35)/t18-,20-,21+. The molecule has 2 aliphatic rings. The molecule has 1 amide bonds. The highest BCUT2D eigenvalue weighted by Crippen LogP contribution is 2.45. The predicted octanol–water partition coefficient (Wildman–Crippen LogP) is 4.14. The van der Waals surface area contributed by atoms with Crippen LogP contribution in [0.25, 0.3) is 27.5 Å². The van der Waals surface area contributed by atoms with Crippen LogP contribution in [0.15, 0.2) is 48.9 Å². The lowest BCUT2D eigenvalue weighted by Gasteiger charge is -2.38. The molecule has 3 atom stereocenters. The number of hydrogen-bond donors (Lipinski definition) is 2. The van der Waals surface area contributed by atoms with Crippen molar-refractivity contribution in [3.63, 3.8) is 0 Å². The highest BCUT2D eigenvalue weighted by molar-refractivity contribution is 6.00. The monoisotopic (exact) mass is 524 g/mol. The van der Waals surface area contributed by atoms with Crippen LogP contribution in [0, 0.1) is 5.82 Å². The Labute approximate surface area is 222 Å². The quantitative estimate of drug-likeness (QED) is 0.337. The number of nitrogens with one attached hydrogen (secondary N) is 1. The number of carbonyl (C=O) groups excluding carboxylic acids is 2. The molecule has 11 heteroatoms. The minimum Gasteiger partial charge on any atom is -0.383 e. The van der Waals surface area contributed by atoms with Crippen LogP contribution in [0.3, 0.4) is 0 Å². The summed E-state index contributed by atoms with van der Waals surface area (Å²) in [5.41, 5.74) is 9.68. The van der Waals surface area contributed by atoms with Gasteiger partial charge in [-0.3, -0.25) is 9.59 Å². The Bertz CT molecular complexity index is 1770. The maximum Gasteiger partial charge on any atom is 0.292 e. The second kappa shape index (κ2) is 8.69. The SMILES string of the molecule is CC(=O)c1c([C@@H]2C[C@H]3CC[C@@H](C2)N3C(=O)c2nnc[nH]2)nc2c(-c3ccc4ccc(F)cc4c3)cnn2c1N. The summed E-state index contributed by atoms with van der Waals surface area (Å²) < 4.78 is 15.4. The zero-order valence-corrected chi connectivity index (χ0v) is 21.1. The maximum absolute atomic E-state index is 13.9. The molecule has 196 valence electrons. The number of aromatic nitrogens is 6. The average molecular weight is 525 g/mol. The number of benzene rings is 2. The van der Waals surface area contributed by atoms with Crippen LogP contribution in [-0.4, -0.2) is 58.5 Å². The molecule has 0 aliphatic carbocycles. The Hall–Kier alpha value is -4.67. The van der Waals surface area contributed by atoms with E-state index in [4.69, 9.17) is 10.7 Å². The van der Waals surface area contributed by atoms with Crippen LogP contribution in [0.4, 0.5) is 10.2 Å². The molecule has 0 saturated carbocycles. The van der Waals surface area contributed by atoms with E-state index >= 15 is 0 Å². The Morgan fingerprint density at radius 1 is 1.08 bits per heavy atom. The fourth-order valence-electron chi connectivity index (χ4n) is 6.44. The van der Waals surface area contributed by atoms with Gasteiger partial charge in [0.1, 0.15) is 18.0 Å². The Morgan fingerprint density at radius 3 is 2.56 bits per heavy atom. The average Bonchev–Trinajstić information content (AvgIpc) is 3.66. The molecule has 2 saturated heterocycles. The van der Waals surface area contributed by atoms with Gasteiger partial charge in [-0.05, 0) is 67.1 Å². The number of nitrogen functional groups attached to an aromatic ring is 1. The number of H-pyrrole nitrogens is 1. The largest absolute Gasteiger partial charge is 0.383 e. The van der Waals surface area contributed by atoms with E-state index < -0.39 is 0 Å². The van der Waals surface area contributed by atoms with Gasteiger partial charge >= 0.3 is 0 Å². The van der Waals surface area contributed by atoms with E-state index in [-0.39, 0.29) is 47.2 Å². The second-order valence-corrected chi connectivity index (χ2v) is 10.4. The smallest absolute Gasteiger partial charge is 0.292 e. The van der Waals surface area contributed by atoms with Gasteiger partial charge in [0.2, 0.25) is 5.82 Å². The van der Waals surface area contributed by atoms with Crippen LogP contribution in [-0.2, 0) is 0 Å². The number of Topliss-reactive ketones (excluding diaryl/α,β-unsaturated/α-hetero) is 1. The number of fused-ring (bicyclic) bond motifs is 4. The van der Waals surface area contributed by atoms with Gasteiger partial charge in [0, 0.05) is 23.6 Å². The summed E-state index contributed by atoms with van der Waals surface area (Å²) in [5, 5.41) is 13.8. The van der Waals surface area contributed by atoms with Gasteiger partial charge < -0.3 is 15.6 Å². The minimum atomic E-state index is -0.307. The third-order valence-electron chi connectivity index (χ3n) is 8.15. The molecule has 2 aliphatic heterocycles. The van der Waals surface area contributed by atoms with Gasteiger partial charge in [0.15, 0.2) is 11.4 Å². The van der Waals surface area contributed by atoms with E-state index in [1.807, 2.05) is 23.1 Å². The Balaban J connectivity index is 1.31. The number of piperidine rings is 1. The lowest BCUT2D eigenvalue weighted by Crippen LogP contribution is -2.46. The van der Waals surface area contributed by atoms with Gasteiger partial charge in [-0.2, -0.15) is 9.61 Å². The lowest BCUT2D eigenvalue weighted by atomic mass is 9.85. The van der Waals surface area contributed by atoms with Gasteiger partial charge in [-0.15, -0.1) is 10.2 Å². The molecule has 2 aromatic carbocycles. The summed E-state index contributed by atoms with van der Waals surface area (Å²) in [4.78, 5) is 35.7. The molecule has 2 bridgehead atoms. The molecule has 7 rings (SSSR count). The molecule has 2 fully saturated rings. The van der Waals surface area contributed by atoms with Crippen LogP contribution in [0.2, 0.25) is 0 Å². The van der Waals surface area contributed by atoms with Crippen molar-refractivity contribution >= 4 is 33.9 Å². The first-order valence-corrected chi connectivity index (χ1v) is 13.0. The van der Waals surface area contributed by atoms with E-state index in [1.54, 1.807) is 12.3 Å². The van der Waals surface area contributed by atoms with Crippen LogP contribution < -0.4 is 5.73 Å². The highest BCUT2D eigenvalue weighted by Gasteiger charge is 2.45. The number of aromatic amines is 1. The molecular formula is C28H25FN8O2. The number of carbonyl (C=O) groups is 2. The molecule has 39 heavy (non-hydrogen) atoms. The summed E-state index contributed by atoms with van der Waals surface area (Å²) in [6.07, 6.45) is 6.16. The third kappa shape index (κ3) is 3.68. The second-order valence-electron chi connectivity index (χ2n) is 10.4. The molecule has 0 radical (unpaired) electrons. The first kappa shape index (κ1) is 23.4. The Kier molecular flexibility index (Phi) is 5.22. The molecule has 5 heterocycles. The number of hydrogen-bond acceptors (Lipinski definition) is 7. The Morgan fingerprint density at radius 2 is 1.85 bits per heavy atom. The molecule has 5 aromatic rings. The van der Waals surface area contributed by atoms with E-state index in [0.29, 0.717) is 29.7 Å². The van der Waals surface area contributed by atoms with Crippen molar-refractivity contribution in [2.75, 3.05) is 5.73 Å². The van der Waals surface area contributed by atoms with Gasteiger partial charge in [0.05, 0.1) is 17.5 Å². The predicted molar refractivity (Wildman–Crippen MR) is 142 cm³/mol. The number of halogens is 1. The fraction of sp³-hybridized carbons (Fsp3) is 0.286. The normalized spacial score (nSPS) is 20.7. The third-order valence-corrected chi connectivity index (χ3v) is 8.15. The van der Waals surface area contributed by atoms with E-state index in [1.165, 1.54) is 29.9 Å². The maximum atomic E-state index is 13.9.